The molecule has 0 unspecified atom stereocenters. The molecule has 122 valence electrons. The van der Waals surface area contributed by atoms with Gasteiger partial charge in [0.25, 0.3) is 0 Å². The van der Waals surface area contributed by atoms with E-state index in [2.05, 4.69) is 5.16 Å². The first kappa shape index (κ1) is 19.2. The van der Waals surface area contributed by atoms with Crippen molar-refractivity contribution >= 4 is 52.6 Å². The molecule has 1 rings (SSSR count). The molecule has 1 aromatic rings. The van der Waals surface area contributed by atoms with Gasteiger partial charge in [-0.25, -0.2) is 0 Å². The van der Waals surface area contributed by atoms with Crippen LogP contribution in [0.5, 0.6) is 11.5 Å². The molecule has 8 heteroatoms. The Morgan fingerprint density at radius 1 is 1.14 bits per heavy atom. The number of hydrogen-bond donors (Lipinski definition) is 1. The van der Waals surface area contributed by atoms with E-state index >= 15 is 0 Å². The van der Waals surface area contributed by atoms with E-state index in [4.69, 9.17) is 61.1 Å². The predicted molar refractivity (Wildman–Crippen MR) is 91.4 cm³/mol. The zero-order valence-corrected chi connectivity index (χ0v) is 14.6. The average Bonchev–Trinajstić information content (AvgIpc) is 2.44. The Labute approximate surface area is 149 Å². The summed E-state index contributed by atoms with van der Waals surface area (Å²) < 4.78 is 11.1. The van der Waals surface area contributed by atoms with Gasteiger partial charge in [0.05, 0.1) is 16.7 Å². The van der Waals surface area contributed by atoms with Crippen LogP contribution in [-0.2, 0) is 0 Å². The minimum absolute atomic E-state index is 0.128. The number of nitrogens with zero attached hydrogens (tertiary/aromatic N) is 1. The van der Waals surface area contributed by atoms with Crippen molar-refractivity contribution in [2.24, 2.45) is 5.16 Å². The first-order chi connectivity index (χ1) is 10.5. The summed E-state index contributed by atoms with van der Waals surface area (Å²) in [5, 5.41) is 11.9. The van der Waals surface area contributed by atoms with Gasteiger partial charge in [-0.1, -0.05) is 46.4 Å². The number of ether oxygens (including phenoxy) is 2. The highest BCUT2D eigenvalue weighted by molar-refractivity contribution is 6.55. The van der Waals surface area contributed by atoms with Crippen LogP contribution in [0.4, 0.5) is 0 Å². The van der Waals surface area contributed by atoms with Gasteiger partial charge in [0.2, 0.25) is 0 Å². The maximum absolute atomic E-state index is 8.26. The third kappa shape index (κ3) is 7.45. The van der Waals surface area contributed by atoms with Gasteiger partial charge in [0.1, 0.15) is 16.8 Å². The second-order valence-corrected chi connectivity index (χ2v) is 5.99. The van der Waals surface area contributed by atoms with E-state index in [1.54, 1.807) is 12.1 Å². The number of hydrogen-bond acceptors (Lipinski definition) is 4. The van der Waals surface area contributed by atoms with Crippen LogP contribution < -0.4 is 9.47 Å². The van der Waals surface area contributed by atoms with Crippen molar-refractivity contribution < 1.29 is 14.7 Å². The topological polar surface area (TPSA) is 51.1 Å². The Hall–Kier alpha value is -0.810. The molecule has 0 aliphatic carbocycles. The van der Waals surface area contributed by atoms with E-state index in [1.165, 1.54) is 12.3 Å². The van der Waals surface area contributed by atoms with E-state index in [0.29, 0.717) is 34.6 Å². The van der Waals surface area contributed by atoms with Crippen LogP contribution in [0, 0.1) is 0 Å². The van der Waals surface area contributed by atoms with Gasteiger partial charge in [-0.2, -0.15) is 0 Å². The molecule has 0 aromatic heterocycles. The second-order valence-electron chi connectivity index (χ2n) is 4.16. The van der Waals surface area contributed by atoms with Crippen LogP contribution >= 0.6 is 46.4 Å². The molecule has 0 saturated heterocycles. The van der Waals surface area contributed by atoms with E-state index in [9.17, 15) is 0 Å². The summed E-state index contributed by atoms with van der Waals surface area (Å²) in [6, 6.07) is 3.22. The summed E-state index contributed by atoms with van der Waals surface area (Å²) in [5.74, 6) is 0.907. The van der Waals surface area contributed by atoms with Gasteiger partial charge in [-0.05, 0) is 25.3 Å². The lowest BCUT2D eigenvalue weighted by atomic mass is 10.2. The van der Waals surface area contributed by atoms with Gasteiger partial charge in [0, 0.05) is 18.3 Å². The SMILES string of the molecule is O/N=C/CCCCOc1c(Cl)cc(OCC=C(Cl)Cl)cc1Cl. The first-order valence-electron chi connectivity index (χ1n) is 6.46. The number of benzene rings is 1. The van der Waals surface area contributed by atoms with Crippen LogP contribution in [0.1, 0.15) is 19.3 Å². The molecule has 0 fully saturated rings. The second kappa shape index (κ2) is 10.8. The van der Waals surface area contributed by atoms with Crippen LogP contribution in [-0.4, -0.2) is 24.6 Å². The molecular formula is C14H15Cl4NO3. The van der Waals surface area contributed by atoms with E-state index in [0.717, 1.165) is 12.8 Å². The number of unbranched alkanes of at least 4 members (excludes halogenated alkanes) is 2. The minimum Gasteiger partial charge on any atom is -0.490 e. The molecule has 1 aromatic carbocycles. The standard InChI is InChI=1S/C14H15Cl4NO3/c15-11-8-10(21-7-4-13(17)18)9-12(16)14(11)22-6-3-1-2-5-19-20/h4-5,8-9,20H,1-3,6-7H2/b19-5+. The third-order valence-electron chi connectivity index (χ3n) is 2.52. The zero-order valence-electron chi connectivity index (χ0n) is 11.6. The normalized spacial score (nSPS) is 10.7. The Morgan fingerprint density at radius 2 is 1.82 bits per heavy atom. The molecule has 4 nitrogen and oxygen atoms in total. The molecule has 0 aliphatic rings. The molecule has 0 aliphatic heterocycles. The Bertz CT molecular complexity index is 508. The van der Waals surface area contributed by atoms with Gasteiger partial charge < -0.3 is 14.7 Å². The van der Waals surface area contributed by atoms with Crippen molar-refractivity contribution in [1.29, 1.82) is 0 Å². The molecule has 0 atom stereocenters. The van der Waals surface area contributed by atoms with E-state index in [1.807, 2.05) is 0 Å². The molecule has 0 amide bonds. The zero-order chi connectivity index (χ0) is 16.4. The lowest BCUT2D eigenvalue weighted by Crippen LogP contribution is -2.00. The van der Waals surface area contributed by atoms with Crippen molar-refractivity contribution in [1.82, 2.24) is 0 Å². The quantitative estimate of drug-likeness (QED) is 0.256. The molecule has 0 radical (unpaired) electrons. The van der Waals surface area contributed by atoms with Gasteiger partial charge >= 0.3 is 0 Å². The lowest BCUT2D eigenvalue weighted by Gasteiger charge is -2.12. The Balaban J connectivity index is 2.52. The third-order valence-corrected chi connectivity index (χ3v) is 3.39. The molecule has 22 heavy (non-hydrogen) atoms. The Morgan fingerprint density at radius 3 is 2.41 bits per heavy atom. The molecule has 0 saturated carbocycles. The fraction of sp³-hybridized carbons (Fsp3) is 0.357. The molecular weight excluding hydrogens is 372 g/mol. The number of oxime groups is 1. The molecule has 0 bridgehead atoms. The smallest absolute Gasteiger partial charge is 0.156 e. The molecule has 0 heterocycles. The summed E-state index contributed by atoms with van der Waals surface area (Å²) >= 11 is 23.2. The minimum atomic E-state index is 0.128. The highest BCUT2D eigenvalue weighted by Gasteiger charge is 2.10. The lowest BCUT2D eigenvalue weighted by molar-refractivity contribution is 0.305. The number of rotatable bonds is 9. The largest absolute Gasteiger partial charge is 0.490 e. The van der Waals surface area contributed by atoms with Gasteiger partial charge in [0.15, 0.2) is 5.75 Å². The van der Waals surface area contributed by atoms with Gasteiger partial charge in [-0.15, -0.1) is 5.16 Å². The highest BCUT2D eigenvalue weighted by Crippen LogP contribution is 2.37. The van der Waals surface area contributed by atoms with Crippen molar-refractivity contribution in [3.05, 3.63) is 32.7 Å². The maximum Gasteiger partial charge on any atom is 0.156 e. The predicted octanol–water partition coefficient (Wildman–Crippen LogP) is 5.70. The van der Waals surface area contributed by atoms with Crippen LogP contribution in [0.25, 0.3) is 0 Å². The number of halogens is 4. The summed E-state index contributed by atoms with van der Waals surface area (Å²) in [4.78, 5) is 0. The van der Waals surface area contributed by atoms with Crippen molar-refractivity contribution in [3.8, 4) is 11.5 Å². The maximum atomic E-state index is 8.26. The van der Waals surface area contributed by atoms with E-state index < -0.39 is 0 Å². The average molecular weight is 387 g/mol. The monoisotopic (exact) mass is 385 g/mol. The molecule has 0 spiro atoms. The highest BCUT2D eigenvalue weighted by atomic mass is 35.5. The summed E-state index contributed by atoms with van der Waals surface area (Å²) in [6.07, 6.45) is 5.26. The van der Waals surface area contributed by atoms with Gasteiger partial charge in [-0.3, -0.25) is 0 Å². The first-order valence-corrected chi connectivity index (χ1v) is 7.97. The summed E-state index contributed by atoms with van der Waals surface area (Å²) in [7, 11) is 0. The fourth-order valence-corrected chi connectivity index (χ4v) is 2.23. The fourth-order valence-electron chi connectivity index (χ4n) is 1.53. The van der Waals surface area contributed by atoms with Crippen molar-refractivity contribution in [3.63, 3.8) is 0 Å². The Kier molecular flexibility index (Phi) is 9.48. The molecule has 1 N–H and O–H groups in total. The van der Waals surface area contributed by atoms with Crippen LogP contribution in [0.3, 0.4) is 0 Å². The van der Waals surface area contributed by atoms with Crippen LogP contribution in [0.2, 0.25) is 10.0 Å². The van der Waals surface area contributed by atoms with Crippen molar-refractivity contribution in [2.45, 2.75) is 19.3 Å². The summed E-state index contributed by atoms with van der Waals surface area (Å²) in [5.41, 5.74) is 0. The van der Waals surface area contributed by atoms with Crippen LogP contribution in [0.15, 0.2) is 27.9 Å². The summed E-state index contributed by atoms with van der Waals surface area (Å²) in [6.45, 7) is 0.672. The van der Waals surface area contributed by atoms with E-state index in [-0.39, 0.29) is 11.1 Å². The van der Waals surface area contributed by atoms with Crippen molar-refractivity contribution in [2.75, 3.05) is 13.2 Å².